The van der Waals surface area contributed by atoms with Gasteiger partial charge in [0.15, 0.2) is 0 Å². The molecule has 0 spiro atoms. The van der Waals surface area contributed by atoms with E-state index in [0.717, 1.165) is 43.6 Å². The van der Waals surface area contributed by atoms with Crippen molar-refractivity contribution in [1.29, 1.82) is 0 Å². The van der Waals surface area contributed by atoms with E-state index in [9.17, 15) is 0 Å². The molecule has 0 radical (unpaired) electrons. The Bertz CT molecular complexity index is 408. The first kappa shape index (κ1) is 11.7. The third-order valence-electron chi connectivity index (χ3n) is 3.67. The predicted molar refractivity (Wildman–Crippen MR) is 73.1 cm³/mol. The summed E-state index contributed by atoms with van der Waals surface area (Å²) in [6.07, 6.45) is 3.72. The summed E-state index contributed by atoms with van der Waals surface area (Å²) in [5.74, 6) is 2.90. The minimum absolute atomic E-state index is 0.505. The zero-order chi connectivity index (χ0) is 12.4. The molecule has 3 heterocycles. The maximum Gasteiger partial charge on any atom is 0.134 e. The molecule has 18 heavy (non-hydrogen) atoms. The van der Waals surface area contributed by atoms with Crippen LogP contribution < -0.4 is 15.5 Å². The lowest BCUT2D eigenvalue weighted by molar-refractivity contribution is 0.784. The molecule has 5 nitrogen and oxygen atoms in total. The zero-order valence-corrected chi connectivity index (χ0v) is 10.9. The maximum atomic E-state index is 4.55. The monoisotopic (exact) mass is 247 g/mol. The second kappa shape index (κ2) is 5.10. The highest BCUT2D eigenvalue weighted by Crippen LogP contribution is 2.21. The topological polar surface area (TPSA) is 53.1 Å². The van der Waals surface area contributed by atoms with E-state index >= 15 is 0 Å². The fourth-order valence-electron chi connectivity index (χ4n) is 2.72. The van der Waals surface area contributed by atoms with Crippen LogP contribution in [-0.2, 0) is 0 Å². The van der Waals surface area contributed by atoms with Crippen molar-refractivity contribution in [3.63, 3.8) is 0 Å². The van der Waals surface area contributed by atoms with Crippen LogP contribution in [0.25, 0.3) is 0 Å². The van der Waals surface area contributed by atoms with E-state index in [-0.39, 0.29) is 0 Å². The molecular weight excluding hydrogens is 226 g/mol. The van der Waals surface area contributed by atoms with Gasteiger partial charge in [-0.1, -0.05) is 0 Å². The Labute approximate surface area is 108 Å². The molecule has 0 amide bonds. The van der Waals surface area contributed by atoms with Gasteiger partial charge in [0.05, 0.1) is 0 Å². The summed E-state index contributed by atoms with van der Waals surface area (Å²) in [5.41, 5.74) is 0. The van der Waals surface area contributed by atoms with Gasteiger partial charge in [-0.15, -0.1) is 0 Å². The summed E-state index contributed by atoms with van der Waals surface area (Å²) >= 11 is 0. The quantitative estimate of drug-likeness (QED) is 0.839. The normalized spacial score (nSPS) is 23.6. The molecule has 0 aliphatic carbocycles. The standard InChI is InChI=1S/C13H21N5/c1-10-15-12(17-11-4-5-14-9-11)8-13(16-10)18-6-2-3-7-18/h8,11,14H,2-7,9H2,1H3,(H,15,16,17). The number of nitrogens with one attached hydrogen (secondary N) is 2. The molecule has 2 fully saturated rings. The smallest absolute Gasteiger partial charge is 0.134 e. The van der Waals surface area contributed by atoms with Crippen LogP contribution in [0.5, 0.6) is 0 Å². The average Bonchev–Trinajstić information content (AvgIpc) is 3.00. The molecule has 2 saturated heterocycles. The minimum atomic E-state index is 0.505. The van der Waals surface area contributed by atoms with Gasteiger partial charge in [-0.3, -0.25) is 0 Å². The van der Waals surface area contributed by atoms with Crippen molar-refractivity contribution in [2.45, 2.75) is 32.2 Å². The predicted octanol–water partition coefficient (Wildman–Crippen LogP) is 1.16. The largest absolute Gasteiger partial charge is 0.366 e. The van der Waals surface area contributed by atoms with E-state index in [2.05, 4.69) is 31.6 Å². The Morgan fingerprint density at radius 2 is 2.17 bits per heavy atom. The lowest BCUT2D eigenvalue weighted by Gasteiger charge is -2.19. The summed E-state index contributed by atoms with van der Waals surface area (Å²) < 4.78 is 0. The number of hydrogen-bond acceptors (Lipinski definition) is 5. The van der Waals surface area contributed by atoms with Gasteiger partial charge in [-0.2, -0.15) is 0 Å². The number of nitrogens with zero attached hydrogens (tertiary/aromatic N) is 3. The number of anilines is 2. The van der Waals surface area contributed by atoms with Crippen molar-refractivity contribution in [3.05, 3.63) is 11.9 Å². The zero-order valence-electron chi connectivity index (χ0n) is 10.9. The van der Waals surface area contributed by atoms with E-state index in [4.69, 9.17) is 0 Å². The van der Waals surface area contributed by atoms with Gasteiger partial charge in [0.2, 0.25) is 0 Å². The van der Waals surface area contributed by atoms with Crippen molar-refractivity contribution in [2.75, 3.05) is 36.4 Å². The van der Waals surface area contributed by atoms with E-state index < -0.39 is 0 Å². The lowest BCUT2D eigenvalue weighted by Crippen LogP contribution is -2.24. The van der Waals surface area contributed by atoms with Crippen LogP contribution in [0.2, 0.25) is 0 Å². The first-order valence-corrected chi connectivity index (χ1v) is 6.89. The fourth-order valence-corrected chi connectivity index (χ4v) is 2.72. The number of hydrogen-bond donors (Lipinski definition) is 2. The Morgan fingerprint density at radius 1 is 1.33 bits per heavy atom. The minimum Gasteiger partial charge on any atom is -0.366 e. The Morgan fingerprint density at radius 3 is 2.89 bits per heavy atom. The third kappa shape index (κ3) is 2.56. The summed E-state index contributed by atoms with van der Waals surface area (Å²) in [4.78, 5) is 11.4. The molecule has 1 atom stereocenters. The van der Waals surface area contributed by atoms with Crippen molar-refractivity contribution < 1.29 is 0 Å². The number of aromatic nitrogens is 2. The molecule has 3 rings (SSSR count). The Kier molecular flexibility index (Phi) is 3.32. The third-order valence-corrected chi connectivity index (χ3v) is 3.67. The van der Waals surface area contributed by atoms with Crippen LogP contribution in [0.15, 0.2) is 6.07 Å². The van der Waals surface area contributed by atoms with E-state index in [1.54, 1.807) is 0 Å². The van der Waals surface area contributed by atoms with Gasteiger partial charge in [0.25, 0.3) is 0 Å². The highest BCUT2D eigenvalue weighted by Gasteiger charge is 2.18. The van der Waals surface area contributed by atoms with Crippen molar-refractivity contribution in [3.8, 4) is 0 Å². The molecule has 5 heteroatoms. The van der Waals surface area contributed by atoms with Crippen LogP contribution in [0.3, 0.4) is 0 Å². The molecule has 0 bridgehead atoms. The summed E-state index contributed by atoms with van der Waals surface area (Å²) in [5, 5.41) is 6.87. The van der Waals surface area contributed by atoms with Crippen molar-refractivity contribution >= 4 is 11.6 Å². The fraction of sp³-hybridized carbons (Fsp3) is 0.692. The second-order valence-electron chi connectivity index (χ2n) is 5.19. The maximum absolute atomic E-state index is 4.55. The lowest BCUT2D eigenvalue weighted by atomic mass is 10.2. The van der Waals surface area contributed by atoms with Gasteiger partial charge in [-0.05, 0) is 32.7 Å². The van der Waals surface area contributed by atoms with E-state index in [1.807, 2.05) is 6.92 Å². The van der Waals surface area contributed by atoms with Crippen LogP contribution >= 0.6 is 0 Å². The molecule has 0 aromatic carbocycles. The highest BCUT2D eigenvalue weighted by atomic mass is 15.2. The number of rotatable bonds is 3. The molecule has 2 aliphatic heterocycles. The Balaban J connectivity index is 1.76. The Hall–Kier alpha value is -1.36. The molecule has 0 saturated carbocycles. The first-order valence-electron chi connectivity index (χ1n) is 6.89. The summed E-state index contributed by atoms with van der Waals surface area (Å²) in [6, 6.07) is 2.60. The molecule has 2 aliphatic rings. The van der Waals surface area contributed by atoms with Gasteiger partial charge >= 0.3 is 0 Å². The van der Waals surface area contributed by atoms with Crippen LogP contribution in [0, 0.1) is 6.92 Å². The highest BCUT2D eigenvalue weighted by molar-refractivity contribution is 5.50. The van der Waals surface area contributed by atoms with Gasteiger partial charge < -0.3 is 15.5 Å². The van der Waals surface area contributed by atoms with Crippen molar-refractivity contribution in [1.82, 2.24) is 15.3 Å². The molecule has 2 N–H and O–H groups in total. The molecular formula is C13H21N5. The average molecular weight is 247 g/mol. The van der Waals surface area contributed by atoms with E-state index in [1.165, 1.54) is 19.3 Å². The molecule has 1 aromatic heterocycles. The summed E-state index contributed by atoms with van der Waals surface area (Å²) in [7, 11) is 0. The molecule has 1 aromatic rings. The molecule has 98 valence electrons. The van der Waals surface area contributed by atoms with E-state index in [0.29, 0.717) is 6.04 Å². The summed E-state index contributed by atoms with van der Waals surface area (Å²) in [6.45, 7) is 6.35. The SMILES string of the molecule is Cc1nc(NC2CCNC2)cc(N2CCCC2)n1. The van der Waals surface area contributed by atoms with Crippen LogP contribution in [-0.4, -0.2) is 42.2 Å². The van der Waals surface area contributed by atoms with Gasteiger partial charge in [0.1, 0.15) is 17.5 Å². The van der Waals surface area contributed by atoms with Gasteiger partial charge in [0, 0.05) is 31.7 Å². The first-order chi connectivity index (χ1) is 8.81. The van der Waals surface area contributed by atoms with Crippen molar-refractivity contribution in [2.24, 2.45) is 0 Å². The van der Waals surface area contributed by atoms with Crippen LogP contribution in [0.1, 0.15) is 25.1 Å². The number of aryl methyl sites for hydroxylation is 1. The second-order valence-corrected chi connectivity index (χ2v) is 5.19. The van der Waals surface area contributed by atoms with Gasteiger partial charge in [-0.25, -0.2) is 9.97 Å². The molecule has 1 unspecified atom stereocenters. The van der Waals surface area contributed by atoms with Crippen LogP contribution in [0.4, 0.5) is 11.6 Å².